The molecule has 94 valence electrons. The number of nitrogens with zero attached hydrogens (tertiary/aromatic N) is 1. The van der Waals surface area contributed by atoms with Crippen molar-refractivity contribution >= 4 is 40.6 Å². The summed E-state index contributed by atoms with van der Waals surface area (Å²) >= 11 is 1.62. The molecule has 0 atom stereocenters. The molecule has 0 saturated carbocycles. The molecule has 0 saturated heterocycles. The summed E-state index contributed by atoms with van der Waals surface area (Å²) in [6.07, 6.45) is 2.92. The monoisotopic (exact) mass is 283 g/mol. The number of fused-ring (bicyclic) bond motifs is 2. The molecule has 0 fully saturated rings. The third-order valence-corrected chi connectivity index (χ3v) is 3.62. The van der Waals surface area contributed by atoms with Crippen molar-refractivity contribution in [1.29, 1.82) is 0 Å². The molecule has 0 radical (unpaired) electrons. The van der Waals surface area contributed by atoms with Crippen molar-refractivity contribution in [3.8, 4) is 0 Å². The Morgan fingerprint density at radius 2 is 2.17 bits per heavy atom. The van der Waals surface area contributed by atoms with Crippen LogP contribution < -0.4 is 21.6 Å². The van der Waals surface area contributed by atoms with Gasteiger partial charge in [-0.25, -0.2) is 4.39 Å². The average Bonchev–Trinajstić information content (AvgIpc) is 2.62. The summed E-state index contributed by atoms with van der Waals surface area (Å²) in [5.41, 5.74) is 7.62. The molecule has 0 bridgehead atoms. The van der Waals surface area contributed by atoms with Gasteiger partial charge in [-0.05, 0) is 19.1 Å². The Hall–Kier alpha value is -1.59. The van der Waals surface area contributed by atoms with E-state index in [1.165, 1.54) is 17.1 Å². The van der Waals surface area contributed by atoms with Crippen molar-refractivity contribution in [3.63, 3.8) is 0 Å². The molecule has 2 aromatic rings. The second-order valence-electron chi connectivity index (χ2n) is 3.89. The lowest BCUT2D eigenvalue weighted by Gasteiger charge is -1.99. The van der Waals surface area contributed by atoms with Gasteiger partial charge in [0.1, 0.15) is 10.8 Å². The Morgan fingerprint density at radius 3 is 2.94 bits per heavy atom. The molecule has 0 aliphatic carbocycles. The predicted octanol–water partition coefficient (Wildman–Crippen LogP) is 1.29. The van der Waals surface area contributed by atoms with Crippen LogP contribution in [0.3, 0.4) is 0 Å². The molecule has 0 amide bonds. The normalized spacial score (nSPS) is 12.4. The lowest BCUT2D eigenvalue weighted by atomic mass is 10.2. The first-order valence-electron chi connectivity index (χ1n) is 5.14. The highest BCUT2D eigenvalue weighted by atomic mass is 35.5. The van der Waals surface area contributed by atoms with Gasteiger partial charge in [-0.1, -0.05) is 0 Å². The van der Waals surface area contributed by atoms with Crippen LogP contribution in [0.15, 0.2) is 18.3 Å². The molecule has 18 heavy (non-hydrogen) atoms. The number of thiophene rings is 1. The Morgan fingerprint density at radius 1 is 1.39 bits per heavy atom. The molecule has 1 aliphatic rings. The van der Waals surface area contributed by atoms with Crippen LogP contribution >= 0.6 is 23.7 Å². The van der Waals surface area contributed by atoms with E-state index in [-0.39, 0.29) is 18.2 Å². The summed E-state index contributed by atoms with van der Waals surface area (Å²) < 4.78 is 13.1. The van der Waals surface area contributed by atoms with Crippen LogP contribution in [0.5, 0.6) is 0 Å². The number of aromatic nitrogens is 1. The highest BCUT2D eigenvalue weighted by Crippen LogP contribution is 2.30. The summed E-state index contributed by atoms with van der Waals surface area (Å²) in [6, 6.07) is 3.43. The quantitative estimate of drug-likeness (QED) is 0.766. The standard InChI is InChI=1S/C12H10FN3S.ClH/c1-6-2-9-10(14)11-7(3-8(13)5-15-11)4-16-12(9)17-6;/h2-5,16H,14H2,1H3;1H. The van der Waals surface area contributed by atoms with E-state index < -0.39 is 0 Å². The Kier molecular flexibility index (Phi) is 3.28. The lowest BCUT2D eigenvalue weighted by molar-refractivity contribution is 0.618. The zero-order valence-corrected chi connectivity index (χ0v) is 11.2. The van der Waals surface area contributed by atoms with Crippen molar-refractivity contribution < 1.29 is 4.39 Å². The van der Waals surface area contributed by atoms with E-state index >= 15 is 0 Å². The van der Waals surface area contributed by atoms with Crippen molar-refractivity contribution in [1.82, 2.24) is 4.98 Å². The molecule has 3 N–H and O–H groups in total. The van der Waals surface area contributed by atoms with E-state index in [1.54, 1.807) is 17.5 Å². The summed E-state index contributed by atoms with van der Waals surface area (Å²) in [5, 5.41) is 5.41. The van der Waals surface area contributed by atoms with Gasteiger partial charge in [0.2, 0.25) is 0 Å². The number of rotatable bonds is 0. The van der Waals surface area contributed by atoms with Crippen LogP contribution in [-0.2, 0) is 0 Å². The Balaban J connectivity index is 0.00000120. The van der Waals surface area contributed by atoms with Crippen molar-refractivity contribution in [3.05, 3.63) is 45.2 Å². The summed E-state index contributed by atoms with van der Waals surface area (Å²) in [6.45, 7) is 2.02. The molecule has 1 aliphatic heterocycles. The van der Waals surface area contributed by atoms with Gasteiger partial charge in [0.15, 0.2) is 0 Å². The number of hydrogen-bond donors (Lipinski definition) is 2. The zero-order valence-electron chi connectivity index (χ0n) is 9.53. The van der Waals surface area contributed by atoms with Gasteiger partial charge in [0, 0.05) is 21.9 Å². The smallest absolute Gasteiger partial charge is 0.142 e. The maximum absolute atomic E-state index is 13.1. The SMILES string of the molecule is Cc1cc2c(s1)NC=c1cc(F)cnc1=C2N.Cl. The maximum atomic E-state index is 13.1. The molecule has 6 heteroatoms. The number of pyridine rings is 1. The lowest BCUT2D eigenvalue weighted by Crippen LogP contribution is -2.33. The first-order chi connectivity index (χ1) is 8.15. The summed E-state index contributed by atoms with van der Waals surface area (Å²) in [7, 11) is 0. The molecule has 0 spiro atoms. The number of nitrogens with two attached hydrogens (primary N) is 1. The number of aryl methyl sites for hydroxylation is 1. The van der Waals surface area contributed by atoms with Crippen LogP contribution in [0.1, 0.15) is 10.4 Å². The topological polar surface area (TPSA) is 50.9 Å². The van der Waals surface area contributed by atoms with Crippen LogP contribution in [0.25, 0.3) is 11.9 Å². The molecule has 3 heterocycles. The van der Waals surface area contributed by atoms with E-state index in [0.717, 1.165) is 10.6 Å². The fourth-order valence-electron chi connectivity index (χ4n) is 1.88. The number of nitrogens with one attached hydrogen (secondary N) is 1. The van der Waals surface area contributed by atoms with E-state index in [9.17, 15) is 4.39 Å². The second kappa shape index (κ2) is 4.59. The van der Waals surface area contributed by atoms with Gasteiger partial charge in [0.25, 0.3) is 0 Å². The molecule has 2 aromatic heterocycles. The number of hydrogen-bond acceptors (Lipinski definition) is 4. The Bertz CT molecular complexity index is 723. The van der Waals surface area contributed by atoms with E-state index in [1.807, 2.05) is 13.0 Å². The van der Waals surface area contributed by atoms with Gasteiger partial charge >= 0.3 is 0 Å². The summed E-state index contributed by atoms with van der Waals surface area (Å²) in [5.74, 6) is -0.365. The van der Waals surface area contributed by atoms with Gasteiger partial charge in [-0.15, -0.1) is 23.7 Å². The van der Waals surface area contributed by atoms with Crippen molar-refractivity contribution in [2.45, 2.75) is 6.92 Å². The molecular weight excluding hydrogens is 273 g/mol. The van der Waals surface area contributed by atoms with Crippen molar-refractivity contribution in [2.24, 2.45) is 5.73 Å². The van der Waals surface area contributed by atoms with Gasteiger partial charge in [-0.2, -0.15) is 0 Å². The molecule has 0 aromatic carbocycles. The van der Waals surface area contributed by atoms with Crippen LogP contribution in [0.4, 0.5) is 9.39 Å². The van der Waals surface area contributed by atoms with Crippen LogP contribution in [0.2, 0.25) is 0 Å². The molecule has 0 unspecified atom stereocenters. The fourth-order valence-corrected chi connectivity index (χ4v) is 2.78. The fraction of sp³-hybridized carbons (Fsp3) is 0.0833. The van der Waals surface area contributed by atoms with E-state index in [4.69, 9.17) is 5.73 Å². The minimum Gasteiger partial charge on any atom is -0.396 e. The van der Waals surface area contributed by atoms with Crippen LogP contribution in [-0.4, -0.2) is 4.98 Å². The highest BCUT2D eigenvalue weighted by molar-refractivity contribution is 7.16. The average molecular weight is 284 g/mol. The highest BCUT2D eigenvalue weighted by Gasteiger charge is 2.12. The molecule has 3 nitrogen and oxygen atoms in total. The van der Waals surface area contributed by atoms with Crippen molar-refractivity contribution in [2.75, 3.05) is 5.32 Å². The Labute approximate surface area is 113 Å². The first-order valence-corrected chi connectivity index (χ1v) is 5.95. The third-order valence-electron chi connectivity index (χ3n) is 2.64. The second-order valence-corrected chi connectivity index (χ2v) is 5.15. The first kappa shape index (κ1) is 12.9. The third kappa shape index (κ3) is 1.95. The minimum absolute atomic E-state index is 0. The molecule has 3 rings (SSSR count). The summed E-state index contributed by atoms with van der Waals surface area (Å²) in [4.78, 5) is 5.24. The van der Waals surface area contributed by atoms with Gasteiger partial charge in [-0.3, -0.25) is 4.98 Å². The predicted molar refractivity (Wildman–Crippen MR) is 74.5 cm³/mol. The number of halogens is 2. The largest absolute Gasteiger partial charge is 0.396 e. The maximum Gasteiger partial charge on any atom is 0.142 e. The minimum atomic E-state index is -0.365. The van der Waals surface area contributed by atoms with Gasteiger partial charge < -0.3 is 11.1 Å². The molecular formula is C12H11ClFN3S. The van der Waals surface area contributed by atoms with E-state index in [0.29, 0.717) is 16.3 Å². The van der Waals surface area contributed by atoms with E-state index in [2.05, 4.69) is 10.3 Å². The zero-order chi connectivity index (χ0) is 12.0. The number of anilines is 1. The van der Waals surface area contributed by atoms with Gasteiger partial charge in [0.05, 0.1) is 17.2 Å². The van der Waals surface area contributed by atoms with Crippen LogP contribution in [0, 0.1) is 12.7 Å².